The van der Waals surface area contributed by atoms with Gasteiger partial charge in [-0.1, -0.05) is 0 Å². The van der Waals surface area contributed by atoms with Crippen molar-refractivity contribution in [3.63, 3.8) is 0 Å². The summed E-state index contributed by atoms with van der Waals surface area (Å²) in [4.78, 5) is 18.0. The zero-order valence-electron chi connectivity index (χ0n) is 11.4. The van der Waals surface area contributed by atoms with Crippen LogP contribution in [0.4, 0.5) is 11.5 Å². The standard InChI is InChI=1S/C13H19N3O4/c1-2-20-13(18)10-5-12(15-6-11(10)14)16-3-4-19-8-9(16)7-17/h5-6,9,17H,2-4,7-8,14H2,1H3. The molecule has 7 heteroatoms. The fourth-order valence-corrected chi connectivity index (χ4v) is 2.11. The first-order chi connectivity index (χ1) is 9.67. The lowest BCUT2D eigenvalue weighted by molar-refractivity contribution is 0.0527. The normalized spacial score (nSPS) is 18.9. The number of morpholine rings is 1. The van der Waals surface area contributed by atoms with Gasteiger partial charge in [0.1, 0.15) is 5.82 Å². The number of carbonyl (C=O) groups is 1. The van der Waals surface area contributed by atoms with Gasteiger partial charge in [0.2, 0.25) is 0 Å². The van der Waals surface area contributed by atoms with E-state index >= 15 is 0 Å². The molecule has 20 heavy (non-hydrogen) atoms. The highest BCUT2D eigenvalue weighted by atomic mass is 16.5. The largest absolute Gasteiger partial charge is 0.462 e. The number of esters is 1. The highest BCUT2D eigenvalue weighted by Gasteiger charge is 2.25. The van der Waals surface area contributed by atoms with Crippen molar-refractivity contribution in [3.8, 4) is 0 Å². The molecule has 0 spiro atoms. The molecule has 1 aliphatic rings. The zero-order valence-corrected chi connectivity index (χ0v) is 11.4. The van der Waals surface area contributed by atoms with Crippen molar-refractivity contribution in [2.75, 3.05) is 43.6 Å². The van der Waals surface area contributed by atoms with Gasteiger partial charge in [0.15, 0.2) is 0 Å². The number of hydrogen-bond acceptors (Lipinski definition) is 7. The van der Waals surface area contributed by atoms with Gasteiger partial charge in [-0.15, -0.1) is 0 Å². The Morgan fingerprint density at radius 3 is 3.20 bits per heavy atom. The molecular formula is C13H19N3O4. The topological polar surface area (TPSA) is 97.9 Å². The summed E-state index contributed by atoms with van der Waals surface area (Å²) in [6, 6.07) is 1.43. The van der Waals surface area contributed by atoms with Crippen molar-refractivity contribution in [3.05, 3.63) is 17.8 Å². The molecule has 1 saturated heterocycles. The molecule has 0 saturated carbocycles. The maximum atomic E-state index is 11.8. The summed E-state index contributed by atoms with van der Waals surface area (Å²) < 4.78 is 10.3. The average Bonchev–Trinajstić information content (AvgIpc) is 2.48. The van der Waals surface area contributed by atoms with Crippen LogP contribution in [0.5, 0.6) is 0 Å². The maximum absolute atomic E-state index is 11.8. The van der Waals surface area contributed by atoms with Crippen molar-refractivity contribution in [1.29, 1.82) is 0 Å². The number of rotatable bonds is 4. The molecule has 0 bridgehead atoms. The Labute approximate surface area is 117 Å². The van der Waals surface area contributed by atoms with Crippen LogP contribution in [0.2, 0.25) is 0 Å². The second-order valence-electron chi connectivity index (χ2n) is 4.45. The number of carbonyl (C=O) groups excluding carboxylic acids is 1. The highest BCUT2D eigenvalue weighted by Crippen LogP contribution is 2.22. The van der Waals surface area contributed by atoms with Gasteiger partial charge in [-0.25, -0.2) is 9.78 Å². The number of aliphatic hydroxyl groups excluding tert-OH is 1. The third-order valence-electron chi connectivity index (χ3n) is 3.15. The van der Waals surface area contributed by atoms with E-state index in [0.29, 0.717) is 31.1 Å². The number of nitrogens with zero attached hydrogens (tertiary/aromatic N) is 2. The van der Waals surface area contributed by atoms with Crippen molar-refractivity contribution >= 4 is 17.5 Å². The number of aromatic nitrogens is 1. The van der Waals surface area contributed by atoms with Crippen LogP contribution in [0.25, 0.3) is 0 Å². The number of aliphatic hydroxyl groups is 1. The van der Waals surface area contributed by atoms with Crippen LogP contribution in [-0.2, 0) is 9.47 Å². The van der Waals surface area contributed by atoms with E-state index in [1.807, 2.05) is 4.90 Å². The first kappa shape index (κ1) is 14.5. The Morgan fingerprint density at radius 2 is 2.50 bits per heavy atom. The van der Waals surface area contributed by atoms with E-state index in [1.54, 1.807) is 13.0 Å². The van der Waals surface area contributed by atoms with Crippen LogP contribution in [0.3, 0.4) is 0 Å². The fraction of sp³-hybridized carbons (Fsp3) is 0.538. The highest BCUT2D eigenvalue weighted by molar-refractivity contribution is 5.95. The van der Waals surface area contributed by atoms with E-state index in [1.165, 1.54) is 6.20 Å². The first-order valence-electron chi connectivity index (χ1n) is 6.55. The SMILES string of the molecule is CCOC(=O)c1cc(N2CCOCC2CO)ncc1N. The lowest BCUT2D eigenvalue weighted by Crippen LogP contribution is -2.48. The van der Waals surface area contributed by atoms with E-state index in [2.05, 4.69) is 4.98 Å². The maximum Gasteiger partial charge on any atom is 0.340 e. The van der Waals surface area contributed by atoms with Gasteiger partial charge in [0.05, 0.1) is 49.9 Å². The minimum Gasteiger partial charge on any atom is -0.462 e. The molecule has 3 N–H and O–H groups in total. The Balaban J connectivity index is 2.28. The summed E-state index contributed by atoms with van der Waals surface area (Å²) in [6.45, 7) is 3.56. The lowest BCUT2D eigenvalue weighted by atomic mass is 10.2. The molecule has 110 valence electrons. The van der Waals surface area contributed by atoms with Crippen molar-refractivity contribution in [1.82, 2.24) is 4.98 Å². The van der Waals surface area contributed by atoms with Crippen LogP contribution in [0.1, 0.15) is 17.3 Å². The van der Waals surface area contributed by atoms with Crippen LogP contribution in [0.15, 0.2) is 12.3 Å². The molecule has 1 atom stereocenters. The number of hydrogen-bond donors (Lipinski definition) is 2. The Morgan fingerprint density at radius 1 is 1.70 bits per heavy atom. The molecule has 1 aromatic rings. The number of nitrogens with two attached hydrogens (primary N) is 1. The van der Waals surface area contributed by atoms with Gasteiger partial charge in [-0.2, -0.15) is 0 Å². The van der Waals surface area contributed by atoms with Crippen molar-refractivity contribution in [2.45, 2.75) is 13.0 Å². The summed E-state index contributed by atoms with van der Waals surface area (Å²) in [5, 5.41) is 9.37. The minimum absolute atomic E-state index is 0.0409. The molecule has 0 amide bonds. The lowest BCUT2D eigenvalue weighted by Gasteiger charge is -2.35. The van der Waals surface area contributed by atoms with Gasteiger partial charge in [-0.3, -0.25) is 0 Å². The van der Waals surface area contributed by atoms with Crippen LogP contribution in [0, 0.1) is 0 Å². The summed E-state index contributed by atoms with van der Waals surface area (Å²) in [7, 11) is 0. The number of ether oxygens (including phenoxy) is 2. The molecular weight excluding hydrogens is 262 g/mol. The third-order valence-corrected chi connectivity index (χ3v) is 3.15. The van der Waals surface area contributed by atoms with Gasteiger partial charge >= 0.3 is 5.97 Å². The monoisotopic (exact) mass is 281 g/mol. The van der Waals surface area contributed by atoms with E-state index in [9.17, 15) is 9.90 Å². The zero-order chi connectivity index (χ0) is 14.5. The first-order valence-corrected chi connectivity index (χ1v) is 6.55. The van der Waals surface area contributed by atoms with Crippen LogP contribution in [-0.4, -0.2) is 55.1 Å². The van der Waals surface area contributed by atoms with Gasteiger partial charge in [-0.05, 0) is 13.0 Å². The van der Waals surface area contributed by atoms with Crippen LogP contribution >= 0.6 is 0 Å². The molecule has 1 aliphatic heterocycles. The van der Waals surface area contributed by atoms with Crippen molar-refractivity contribution in [2.24, 2.45) is 0 Å². The van der Waals surface area contributed by atoms with Gasteiger partial charge in [0.25, 0.3) is 0 Å². The number of pyridine rings is 1. The minimum atomic E-state index is -0.470. The fourth-order valence-electron chi connectivity index (χ4n) is 2.11. The van der Waals surface area contributed by atoms with Gasteiger partial charge < -0.3 is 25.2 Å². The quantitative estimate of drug-likeness (QED) is 0.752. The summed E-state index contributed by atoms with van der Waals surface area (Å²) in [6.07, 6.45) is 1.44. The molecule has 7 nitrogen and oxygen atoms in total. The predicted molar refractivity (Wildman–Crippen MR) is 73.6 cm³/mol. The second-order valence-corrected chi connectivity index (χ2v) is 4.45. The molecule has 0 radical (unpaired) electrons. The number of nitrogen functional groups attached to an aromatic ring is 1. The predicted octanol–water partition coefficient (Wildman–Crippen LogP) is 0.0380. The van der Waals surface area contributed by atoms with Crippen molar-refractivity contribution < 1.29 is 19.4 Å². The number of anilines is 2. The van der Waals surface area contributed by atoms with E-state index < -0.39 is 5.97 Å². The molecule has 1 unspecified atom stereocenters. The van der Waals surface area contributed by atoms with E-state index in [-0.39, 0.29) is 24.9 Å². The Hall–Kier alpha value is -1.86. The Kier molecular flexibility index (Phi) is 4.75. The Bertz CT molecular complexity index is 481. The molecule has 1 fully saturated rings. The van der Waals surface area contributed by atoms with E-state index in [4.69, 9.17) is 15.2 Å². The molecule has 2 rings (SSSR count). The molecule has 0 aromatic carbocycles. The molecule has 1 aromatic heterocycles. The molecule has 0 aliphatic carbocycles. The van der Waals surface area contributed by atoms with Gasteiger partial charge in [0, 0.05) is 6.54 Å². The summed E-state index contributed by atoms with van der Waals surface area (Å²) in [5.74, 6) is 0.118. The van der Waals surface area contributed by atoms with E-state index in [0.717, 1.165) is 0 Å². The molecule has 2 heterocycles. The second kappa shape index (κ2) is 6.53. The summed E-state index contributed by atoms with van der Waals surface area (Å²) in [5.41, 5.74) is 6.33. The summed E-state index contributed by atoms with van der Waals surface area (Å²) >= 11 is 0. The van der Waals surface area contributed by atoms with Crippen LogP contribution < -0.4 is 10.6 Å². The average molecular weight is 281 g/mol. The smallest absolute Gasteiger partial charge is 0.340 e. The third kappa shape index (κ3) is 3.00.